The van der Waals surface area contributed by atoms with Gasteiger partial charge in [0.25, 0.3) is 0 Å². The maximum atomic E-state index is 8.84. The van der Waals surface area contributed by atoms with Gasteiger partial charge in [-0.3, -0.25) is 10.6 Å². The third-order valence-corrected chi connectivity index (χ3v) is 5.29. The number of hydrazone groups is 1. The molecule has 0 spiro atoms. The Kier molecular flexibility index (Phi) is 9.10. The van der Waals surface area contributed by atoms with Gasteiger partial charge in [-0.15, -0.1) is 0 Å². The second-order valence-corrected chi connectivity index (χ2v) is 7.99. The van der Waals surface area contributed by atoms with E-state index in [-0.39, 0.29) is 5.96 Å². The fraction of sp³-hybridized carbons (Fsp3) is 0.103. The number of ether oxygens (including phenoxy) is 3. The lowest BCUT2D eigenvalue weighted by molar-refractivity contribution is 0.228. The van der Waals surface area contributed by atoms with E-state index in [1.54, 1.807) is 17.6 Å². The molecule has 37 heavy (non-hydrogen) atoms. The Bertz CT molecular complexity index is 1300. The molecule has 0 unspecified atom stereocenters. The van der Waals surface area contributed by atoms with Gasteiger partial charge >= 0.3 is 0 Å². The van der Waals surface area contributed by atoms with Gasteiger partial charge < -0.3 is 14.2 Å². The maximum absolute atomic E-state index is 8.84. The first-order chi connectivity index (χ1) is 18.2. The smallest absolute Gasteiger partial charge is 0.233 e. The Morgan fingerprint density at radius 1 is 0.676 bits per heavy atom. The summed E-state index contributed by atoms with van der Waals surface area (Å²) in [7, 11) is 0. The fourth-order valence-corrected chi connectivity index (χ4v) is 3.45. The molecule has 8 nitrogen and oxygen atoms in total. The first-order valence-electron chi connectivity index (χ1n) is 11.7. The zero-order valence-corrected chi connectivity index (χ0v) is 20.1. The molecule has 0 heterocycles. The van der Waals surface area contributed by atoms with E-state index >= 15 is 0 Å². The second kappa shape index (κ2) is 13.3. The molecule has 4 aromatic rings. The molecule has 0 radical (unpaired) electrons. The molecule has 0 bridgehead atoms. The van der Waals surface area contributed by atoms with Crippen LogP contribution in [0.25, 0.3) is 0 Å². The topological polar surface area (TPSA) is 108 Å². The standard InChI is InChI=1S/C29H28N4O4/c30-29(33-34)32-31-18-25-16-17-26(35-19-22-10-4-1-5-11-22)28(37-21-24-14-8-3-9-15-24)27(25)36-20-23-12-6-2-7-13-23/h1-18,34H,19-21H2,(H3,30,32,33)/b31-18+. The van der Waals surface area contributed by atoms with E-state index in [9.17, 15) is 0 Å². The third kappa shape index (κ3) is 7.58. The van der Waals surface area contributed by atoms with Crippen LogP contribution < -0.4 is 25.1 Å². The van der Waals surface area contributed by atoms with Gasteiger partial charge in [-0.2, -0.15) is 5.10 Å². The highest BCUT2D eigenvalue weighted by Gasteiger charge is 2.18. The molecule has 0 amide bonds. The van der Waals surface area contributed by atoms with E-state index in [1.807, 2.05) is 91.0 Å². The Morgan fingerprint density at radius 3 is 1.68 bits per heavy atom. The minimum atomic E-state index is -0.369. The summed E-state index contributed by atoms with van der Waals surface area (Å²) in [5.41, 5.74) is 7.67. The SMILES string of the molecule is N=C(NO)N/N=C/c1ccc(OCc2ccccc2)c(OCc2ccccc2)c1OCc1ccccc1. The number of guanidine groups is 1. The highest BCUT2D eigenvalue weighted by molar-refractivity contribution is 5.87. The van der Waals surface area contributed by atoms with E-state index in [4.69, 9.17) is 24.8 Å². The lowest BCUT2D eigenvalue weighted by Crippen LogP contribution is -2.30. The molecule has 0 aliphatic carbocycles. The van der Waals surface area contributed by atoms with Crippen molar-refractivity contribution in [3.8, 4) is 17.2 Å². The van der Waals surface area contributed by atoms with Crippen LogP contribution >= 0.6 is 0 Å². The van der Waals surface area contributed by atoms with Crippen molar-refractivity contribution in [1.82, 2.24) is 10.9 Å². The van der Waals surface area contributed by atoms with Crippen molar-refractivity contribution in [2.24, 2.45) is 5.10 Å². The summed E-state index contributed by atoms with van der Waals surface area (Å²) in [6.07, 6.45) is 1.49. The van der Waals surface area contributed by atoms with Crippen molar-refractivity contribution in [3.05, 3.63) is 125 Å². The van der Waals surface area contributed by atoms with E-state index in [0.29, 0.717) is 42.6 Å². The van der Waals surface area contributed by atoms with Crippen LogP contribution in [-0.4, -0.2) is 17.4 Å². The van der Waals surface area contributed by atoms with Gasteiger partial charge in [0.1, 0.15) is 19.8 Å². The van der Waals surface area contributed by atoms with Gasteiger partial charge in [0.15, 0.2) is 11.5 Å². The summed E-state index contributed by atoms with van der Waals surface area (Å²) in [5.74, 6) is 1.04. The number of nitrogens with zero attached hydrogens (tertiary/aromatic N) is 1. The van der Waals surface area contributed by atoms with Crippen molar-refractivity contribution < 1.29 is 19.4 Å². The zero-order valence-electron chi connectivity index (χ0n) is 20.1. The van der Waals surface area contributed by atoms with Crippen LogP contribution in [0, 0.1) is 5.41 Å². The fourth-order valence-electron chi connectivity index (χ4n) is 3.45. The normalized spacial score (nSPS) is 10.6. The highest BCUT2D eigenvalue weighted by Crippen LogP contribution is 2.41. The summed E-state index contributed by atoms with van der Waals surface area (Å²) in [6.45, 7) is 0.962. The predicted molar refractivity (Wildman–Crippen MR) is 142 cm³/mol. The van der Waals surface area contributed by atoms with Gasteiger partial charge in [0, 0.05) is 5.56 Å². The molecule has 0 aromatic heterocycles. The number of hydroxylamine groups is 1. The zero-order chi connectivity index (χ0) is 25.7. The summed E-state index contributed by atoms with van der Waals surface area (Å²) in [5, 5.41) is 20.3. The molecule has 0 aliphatic rings. The summed E-state index contributed by atoms with van der Waals surface area (Å²) in [4.78, 5) is 0. The van der Waals surface area contributed by atoms with Crippen LogP contribution in [0.3, 0.4) is 0 Å². The van der Waals surface area contributed by atoms with E-state index in [2.05, 4.69) is 10.5 Å². The summed E-state index contributed by atoms with van der Waals surface area (Å²) < 4.78 is 18.7. The van der Waals surface area contributed by atoms with Crippen LogP contribution in [0.15, 0.2) is 108 Å². The lowest BCUT2D eigenvalue weighted by Gasteiger charge is -2.19. The molecule has 4 aromatic carbocycles. The molecule has 0 saturated heterocycles. The van der Waals surface area contributed by atoms with Gasteiger partial charge in [-0.25, -0.2) is 10.9 Å². The molecule has 188 valence electrons. The van der Waals surface area contributed by atoms with Crippen molar-refractivity contribution in [2.75, 3.05) is 0 Å². The van der Waals surface area contributed by atoms with Crippen molar-refractivity contribution >= 4 is 12.2 Å². The van der Waals surface area contributed by atoms with Crippen molar-refractivity contribution in [3.63, 3.8) is 0 Å². The largest absolute Gasteiger partial charge is 0.485 e. The second-order valence-electron chi connectivity index (χ2n) is 7.99. The minimum Gasteiger partial charge on any atom is -0.485 e. The average molecular weight is 497 g/mol. The van der Waals surface area contributed by atoms with E-state index in [0.717, 1.165) is 16.7 Å². The maximum Gasteiger partial charge on any atom is 0.233 e. The molecule has 0 aliphatic heterocycles. The number of hydrogen-bond donors (Lipinski definition) is 4. The first kappa shape index (κ1) is 25.3. The van der Waals surface area contributed by atoms with Gasteiger partial charge in [-0.1, -0.05) is 91.0 Å². The number of rotatable bonds is 11. The van der Waals surface area contributed by atoms with Crippen LogP contribution in [0.5, 0.6) is 17.2 Å². The molecule has 8 heteroatoms. The van der Waals surface area contributed by atoms with E-state index < -0.39 is 0 Å². The minimum absolute atomic E-state index is 0.299. The first-order valence-corrected chi connectivity index (χ1v) is 11.7. The Hall–Kier alpha value is -4.82. The predicted octanol–water partition coefficient (Wildman–Crippen LogP) is 5.26. The Morgan fingerprint density at radius 2 is 1.16 bits per heavy atom. The summed E-state index contributed by atoms with van der Waals surface area (Å²) >= 11 is 0. The molecule has 0 atom stereocenters. The quantitative estimate of drug-likeness (QED) is 0.128. The average Bonchev–Trinajstić information content (AvgIpc) is 2.96. The number of nitrogens with one attached hydrogen (secondary N) is 3. The van der Waals surface area contributed by atoms with Crippen LogP contribution in [0.1, 0.15) is 22.3 Å². The lowest BCUT2D eigenvalue weighted by atomic mass is 10.1. The van der Waals surface area contributed by atoms with Crippen LogP contribution in [0.2, 0.25) is 0 Å². The highest BCUT2D eigenvalue weighted by atomic mass is 16.5. The monoisotopic (exact) mass is 496 g/mol. The van der Waals surface area contributed by atoms with Crippen LogP contribution in [-0.2, 0) is 19.8 Å². The molecular weight excluding hydrogens is 468 g/mol. The summed E-state index contributed by atoms with van der Waals surface area (Å²) in [6, 6.07) is 33.1. The van der Waals surface area contributed by atoms with E-state index in [1.165, 1.54) is 6.21 Å². The van der Waals surface area contributed by atoms with Crippen molar-refractivity contribution in [1.29, 1.82) is 5.41 Å². The molecule has 0 fully saturated rings. The van der Waals surface area contributed by atoms with Gasteiger partial charge in [0.2, 0.25) is 11.7 Å². The Labute approximate surface area is 215 Å². The number of benzene rings is 4. The Balaban J connectivity index is 1.68. The molecule has 0 saturated carbocycles. The van der Waals surface area contributed by atoms with Crippen molar-refractivity contribution in [2.45, 2.75) is 19.8 Å². The molecular formula is C29H28N4O4. The molecule has 4 N–H and O–H groups in total. The third-order valence-electron chi connectivity index (χ3n) is 5.29. The van der Waals surface area contributed by atoms with Crippen LogP contribution in [0.4, 0.5) is 0 Å². The van der Waals surface area contributed by atoms with Gasteiger partial charge in [0.05, 0.1) is 6.21 Å². The van der Waals surface area contributed by atoms with Gasteiger partial charge in [-0.05, 0) is 28.8 Å². The number of hydrogen-bond acceptors (Lipinski definition) is 6. The molecule has 4 rings (SSSR count).